The van der Waals surface area contributed by atoms with Crippen LogP contribution in [0.25, 0.3) is 0 Å². The summed E-state index contributed by atoms with van der Waals surface area (Å²) < 4.78 is 2.16. The largest absolute Gasteiger partial charge is 0.369 e. The third kappa shape index (κ3) is 1.76. The van der Waals surface area contributed by atoms with E-state index in [0.717, 1.165) is 11.6 Å². The Kier molecular flexibility index (Phi) is 2.48. The van der Waals surface area contributed by atoms with Gasteiger partial charge in [0.15, 0.2) is 0 Å². The van der Waals surface area contributed by atoms with E-state index in [1.165, 1.54) is 25.7 Å². The molecule has 1 saturated carbocycles. The number of nitrogens with zero attached hydrogens (tertiary/aromatic N) is 2. The highest BCUT2D eigenvalue weighted by atomic mass is 15.2. The second kappa shape index (κ2) is 3.64. The molecule has 2 N–H and O–H groups in total. The fraction of sp³-hybridized carbons (Fsp3) is 0.727. The Morgan fingerprint density at radius 1 is 1.50 bits per heavy atom. The Labute approximate surface area is 85.3 Å². The minimum Gasteiger partial charge on any atom is -0.369 e. The molecule has 1 aliphatic carbocycles. The number of aromatic nitrogens is 2. The van der Waals surface area contributed by atoms with Gasteiger partial charge in [0.1, 0.15) is 0 Å². The van der Waals surface area contributed by atoms with Crippen molar-refractivity contribution in [2.45, 2.75) is 45.6 Å². The Bertz CT molecular complexity index is 316. The van der Waals surface area contributed by atoms with E-state index in [4.69, 9.17) is 5.73 Å². The van der Waals surface area contributed by atoms with Crippen molar-refractivity contribution in [2.24, 2.45) is 5.92 Å². The summed E-state index contributed by atoms with van der Waals surface area (Å²) in [5.74, 6) is 1.51. The maximum Gasteiger partial charge on any atom is 0.200 e. The van der Waals surface area contributed by atoms with Crippen molar-refractivity contribution in [2.75, 3.05) is 5.73 Å². The van der Waals surface area contributed by atoms with Gasteiger partial charge < -0.3 is 10.3 Å². The van der Waals surface area contributed by atoms with Crippen LogP contribution in [0.3, 0.4) is 0 Å². The van der Waals surface area contributed by atoms with E-state index in [0.29, 0.717) is 12.0 Å². The monoisotopic (exact) mass is 193 g/mol. The van der Waals surface area contributed by atoms with E-state index in [-0.39, 0.29) is 0 Å². The molecule has 1 aliphatic rings. The van der Waals surface area contributed by atoms with Crippen molar-refractivity contribution in [3.63, 3.8) is 0 Å². The van der Waals surface area contributed by atoms with Gasteiger partial charge in [0.05, 0.1) is 5.69 Å². The Balaban J connectivity index is 2.17. The summed E-state index contributed by atoms with van der Waals surface area (Å²) in [6.45, 7) is 4.32. The third-order valence-corrected chi connectivity index (χ3v) is 3.18. The van der Waals surface area contributed by atoms with Crippen LogP contribution in [0, 0.1) is 12.8 Å². The molecule has 2 atom stereocenters. The molecule has 1 fully saturated rings. The molecule has 0 bridgehead atoms. The van der Waals surface area contributed by atoms with E-state index < -0.39 is 0 Å². The molecule has 0 amide bonds. The van der Waals surface area contributed by atoms with Crippen LogP contribution in [0.2, 0.25) is 0 Å². The summed E-state index contributed by atoms with van der Waals surface area (Å²) in [6, 6.07) is 0.583. The van der Waals surface area contributed by atoms with Crippen LogP contribution >= 0.6 is 0 Å². The van der Waals surface area contributed by atoms with E-state index in [1.807, 2.05) is 6.92 Å². The van der Waals surface area contributed by atoms with Crippen molar-refractivity contribution in [1.29, 1.82) is 0 Å². The molecule has 0 aliphatic heterocycles. The SMILES string of the molecule is Cc1cn(C2CCCC(C)C2)c(N)n1. The van der Waals surface area contributed by atoms with Crippen molar-refractivity contribution >= 4 is 5.95 Å². The molecular formula is C11H19N3. The first-order chi connectivity index (χ1) is 6.66. The first kappa shape index (κ1) is 9.56. The zero-order valence-corrected chi connectivity index (χ0v) is 9.03. The number of hydrogen-bond acceptors (Lipinski definition) is 2. The van der Waals surface area contributed by atoms with Crippen molar-refractivity contribution in [1.82, 2.24) is 9.55 Å². The molecule has 3 heteroatoms. The average molecular weight is 193 g/mol. The van der Waals surface area contributed by atoms with E-state index in [2.05, 4.69) is 22.7 Å². The lowest BCUT2D eigenvalue weighted by Crippen LogP contribution is -2.18. The van der Waals surface area contributed by atoms with Crippen LogP contribution in [-0.4, -0.2) is 9.55 Å². The van der Waals surface area contributed by atoms with Crippen molar-refractivity contribution in [3.8, 4) is 0 Å². The molecule has 78 valence electrons. The minimum atomic E-state index is 0.583. The average Bonchev–Trinajstić information content (AvgIpc) is 2.45. The molecule has 1 aromatic rings. The molecule has 1 heterocycles. The molecule has 0 spiro atoms. The maximum atomic E-state index is 5.87. The molecule has 0 radical (unpaired) electrons. The highest BCUT2D eigenvalue weighted by Crippen LogP contribution is 2.33. The number of nitrogen functional groups attached to an aromatic ring is 1. The van der Waals surface area contributed by atoms with Crippen LogP contribution in [0.4, 0.5) is 5.95 Å². The van der Waals surface area contributed by atoms with Gasteiger partial charge in [0.25, 0.3) is 0 Å². The van der Waals surface area contributed by atoms with Gasteiger partial charge in [0.2, 0.25) is 5.95 Å². The summed E-state index contributed by atoms with van der Waals surface area (Å²) in [7, 11) is 0. The zero-order valence-electron chi connectivity index (χ0n) is 9.03. The van der Waals surface area contributed by atoms with Gasteiger partial charge in [-0.3, -0.25) is 0 Å². The highest BCUT2D eigenvalue weighted by Gasteiger charge is 2.21. The van der Waals surface area contributed by atoms with Gasteiger partial charge >= 0.3 is 0 Å². The van der Waals surface area contributed by atoms with Gasteiger partial charge in [0, 0.05) is 12.2 Å². The van der Waals surface area contributed by atoms with Gasteiger partial charge in [-0.25, -0.2) is 4.98 Å². The van der Waals surface area contributed by atoms with Gasteiger partial charge in [-0.05, 0) is 25.7 Å². The van der Waals surface area contributed by atoms with E-state index in [9.17, 15) is 0 Å². The Hall–Kier alpha value is -0.990. The number of imidazole rings is 1. The van der Waals surface area contributed by atoms with Crippen LogP contribution in [-0.2, 0) is 0 Å². The van der Waals surface area contributed by atoms with E-state index in [1.54, 1.807) is 0 Å². The molecule has 3 nitrogen and oxygen atoms in total. The molecule has 0 saturated heterocycles. The van der Waals surface area contributed by atoms with Gasteiger partial charge in [-0.1, -0.05) is 19.8 Å². The lowest BCUT2D eigenvalue weighted by Gasteiger charge is -2.28. The van der Waals surface area contributed by atoms with Gasteiger partial charge in [-0.2, -0.15) is 0 Å². The summed E-state index contributed by atoms with van der Waals surface area (Å²) in [4.78, 5) is 4.25. The van der Waals surface area contributed by atoms with E-state index >= 15 is 0 Å². The smallest absolute Gasteiger partial charge is 0.200 e. The first-order valence-corrected chi connectivity index (χ1v) is 5.47. The number of anilines is 1. The number of aryl methyl sites for hydroxylation is 1. The number of nitrogens with two attached hydrogens (primary N) is 1. The highest BCUT2D eigenvalue weighted by molar-refractivity contribution is 5.22. The molecule has 0 aromatic carbocycles. The van der Waals surface area contributed by atoms with Crippen LogP contribution < -0.4 is 5.73 Å². The predicted molar refractivity (Wildman–Crippen MR) is 58.0 cm³/mol. The van der Waals surface area contributed by atoms with Crippen LogP contribution in [0.5, 0.6) is 0 Å². The second-order valence-corrected chi connectivity index (χ2v) is 4.57. The summed E-state index contributed by atoms with van der Waals surface area (Å²) in [5.41, 5.74) is 6.90. The van der Waals surface area contributed by atoms with Crippen molar-refractivity contribution in [3.05, 3.63) is 11.9 Å². The van der Waals surface area contributed by atoms with Crippen molar-refractivity contribution < 1.29 is 0 Å². The fourth-order valence-electron chi connectivity index (χ4n) is 2.48. The summed E-state index contributed by atoms with van der Waals surface area (Å²) in [5, 5.41) is 0. The van der Waals surface area contributed by atoms with Gasteiger partial charge in [-0.15, -0.1) is 0 Å². The molecule has 2 rings (SSSR count). The van der Waals surface area contributed by atoms with Crippen LogP contribution in [0.1, 0.15) is 44.3 Å². The fourth-order valence-corrected chi connectivity index (χ4v) is 2.48. The topological polar surface area (TPSA) is 43.8 Å². The number of rotatable bonds is 1. The predicted octanol–water partition coefficient (Wildman–Crippen LogP) is 2.52. The maximum absolute atomic E-state index is 5.87. The quantitative estimate of drug-likeness (QED) is 0.744. The normalized spacial score (nSPS) is 27.9. The minimum absolute atomic E-state index is 0.583. The van der Waals surface area contributed by atoms with Crippen LogP contribution in [0.15, 0.2) is 6.20 Å². The summed E-state index contributed by atoms with van der Waals surface area (Å²) >= 11 is 0. The standard InChI is InChI=1S/C11H19N3/c1-8-4-3-5-10(6-8)14-7-9(2)13-11(14)12/h7-8,10H,3-6H2,1-2H3,(H2,12,13). The number of hydrogen-bond donors (Lipinski definition) is 1. The zero-order chi connectivity index (χ0) is 10.1. The third-order valence-electron chi connectivity index (χ3n) is 3.18. The lowest BCUT2D eigenvalue weighted by molar-refractivity contribution is 0.284. The lowest BCUT2D eigenvalue weighted by atomic mass is 9.87. The first-order valence-electron chi connectivity index (χ1n) is 5.47. The Morgan fingerprint density at radius 3 is 2.86 bits per heavy atom. The molecule has 1 aromatic heterocycles. The molecule has 2 unspecified atom stereocenters. The Morgan fingerprint density at radius 2 is 2.29 bits per heavy atom. The molecular weight excluding hydrogens is 174 g/mol. The molecule has 14 heavy (non-hydrogen) atoms. The summed E-state index contributed by atoms with van der Waals surface area (Å²) in [6.07, 6.45) is 7.27. The second-order valence-electron chi connectivity index (χ2n) is 4.57.